The first-order valence-electron chi connectivity index (χ1n) is 8.59. The molecule has 136 valence electrons. The van der Waals surface area contributed by atoms with Gasteiger partial charge in [0.1, 0.15) is 6.61 Å². The molecule has 4 rings (SSSR count). The standard InChI is InChI=1S/C18H20N4O3S/c1-2-9-22-17(15-10-24-13-5-3-4-6-14(13)25-15)20-21-18(22)26-11-16(23)19-12-7-8-12/h2-6,12,15H,1,7-11H2,(H,19,23)/t15-/m0/s1. The van der Waals surface area contributed by atoms with Crippen LogP contribution in [-0.2, 0) is 11.3 Å². The topological polar surface area (TPSA) is 78.3 Å². The quantitative estimate of drug-likeness (QED) is 0.594. The fourth-order valence-corrected chi connectivity index (χ4v) is 3.49. The maximum absolute atomic E-state index is 11.9. The van der Waals surface area contributed by atoms with Crippen molar-refractivity contribution in [2.24, 2.45) is 0 Å². The summed E-state index contributed by atoms with van der Waals surface area (Å²) in [4.78, 5) is 11.9. The molecule has 1 aliphatic heterocycles. The first kappa shape index (κ1) is 17.0. The number of hydrogen-bond acceptors (Lipinski definition) is 6. The predicted molar refractivity (Wildman–Crippen MR) is 97.4 cm³/mol. The van der Waals surface area contributed by atoms with Gasteiger partial charge in [0.05, 0.1) is 5.75 Å². The van der Waals surface area contributed by atoms with Crippen LogP contribution in [0.25, 0.3) is 0 Å². The molecule has 1 amide bonds. The highest BCUT2D eigenvalue weighted by molar-refractivity contribution is 7.99. The number of carbonyl (C=O) groups is 1. The van der Waals surface area contributed by atoms with Crippen molar-refractivity contribution < 1.29 is 14.3 Å². The lowest BCUT2D eigenvalue weighted by Gasteiger charge is -2.26. The SMILES string of the molecule is C=CCn1c(SCC(=O)NC2CC2)nnc1[C@@H]1COc2ccccc2O1. The first-order valence-corrected chi connectivity index (χ1v) is 9.58. The van der Waals surface area contributed by atoms with Crippen LogP contribution in [0.1, 0.15) is 24.8 Å². The van der Waals surface area contributed by atoms with Crippen molar-refractivity contribution in [2.45, 2.75) is 36.7 Å². The minimum absolute atomic E-state index is 0.0263. The summed E-state index contributed by atoms with van der Waals surface area (Å²) in [5.74, 6) is 2.43. The zero-order valence-electron chi connectivity index (χ0n) is 14.3. The lowest BCUT2D eigenvalue weighted by molar-refractivity contribution is -0.118. The number of fused-ring (bicyclic) bond motifs is 1. The third-order valence-electron chi connectivity index (χ3n) is 4.13. The van der Waals surface area contributed by atoms with Gasteiger partial charge < -0.3 is 14.8 Å². The lowest BCUT2D eigenvalue weighted by Crippen LogP contribution is -2.27. The summed E-state index contributed by atoms with van der Waals surface area (Å²) in [6, 6.07) is 7.91. The van der Waals surface area contributed by atoms with E-state index in [1.165, 1.54) is 11.8 Å². The fourth-order valence-electron chi connectivity index (χ4n) is 2.72. The highest BCUT2D eigenvalue weighted by Gasteiger charge is 2.29. The molecule has 1 fully saturated rings. The van der Waals surface area contributed by atoms with Gasteiger partial charge >= 0.3 is 0 Å². The smallest absolute Gasteiger partial charge is 0.230 e. The molecule has 26 heavy (non-hydrogen) atoms. The van der Waals surface area contributed by atoms with E-state index in [1.54, 1.807) is 6.08 Å². The molecule has 7 nitrogen and oxygen atoms in total. The number of nitrogens with zero attached hydrogens (tertiary/aromatic N) is 3. The summed E-state index contributed by atoms with van der Waals surface area (Å²) in [6.07, 6.45) is 3.58. The number of rotatable bonds is 7. The van der Waals surface area contributed by atoms with Gasteiger partial charge in [-0.15, -0.1) is 16.8 Å². The largest absolute Gasteiger partial charge is 0.485 e. The van der Waals surface area contributed by atoms with Crippen molar-refractivity contribution in [3.05, 3.63) is 42.7 Å². The maximum Gasteiger partial charge on any atom is 0.230 e. The molecule has 1 aromatic carbocycles. The molecule has 1 aromatic heterocycles. The van der Waals surface area contributed by atoms with Gasteiger partial charge in [0.25, 0.3) is 0 Å². The Labute approximate surface area is 155 Å². The number of benzene rings is 1. The number of aromatic nitrogens is 3. The second-order valence-electron chi connectivity index (χ2n) is 6.23. The van der Waals surface area contributed by atoms with Crippen molar-refractivity contribution >= 4 is 17.7 Å². The van der Waals surface area contributed by atoms with Crippen LogP contribution in [0.15, 0.2) is 42.1 Å². The van der Waals surface area contributed by atoms with Crippen molar-refractivity contribution in [1.82, 2.24) is 20.1 Å². The minimum Gasteiger partial charge on any atom is -0.485 e. The van der Waals surface area contributed by atoms with Gasteiger partial charge in [-0.25, -0.2) is 0 Å². The van der Waals surface area contributed by atoms with E-state index in [4.69, 9.17) is 9.47 Å². The van der Waals surface area contributed by atoms with Gasteiger partial charge in [0.2, 0.25) is 5.91 Å². The van der Waals surface area contributed by atoms with E-state index in [2.05, 4.69) is 22.1 Å². The third-order valence-corrected chi connectivity index (χ3v) is 5.10. The summed E-state index contributed by atoms with van der Waals surface area (Å²) >= 11 is 1.37. The lowest BCUT2D eigenvalue weighted by atomic mass is 10.2. The average Bonchev–Trinajstić information content (AvgIpc) is 3.38. The third kappa shape index (κ3) is 3.70. The molecular formula is C18H20N4O3S. The van der Waals surface area contributed by atoms with E-state index in [-0.39, 0.29) is 12.0 Å². The molecule has 0 bridgehead atoms. The number of para-hydroxylation sites is 2. The van der Waals surface area contributed by atoms with Crippen LogP contribution in [0.4, 0.5) is 0 Å². The van der Waals surface area contributed by atoms with E-state index >= 15 is 0 Å². The molecule has 0 spiro atoms. The predicted octanol–water partition coefficient (Wildman–Crippen LogP) is 2.35. The molecular weight excluding hydrogens is 352 g/mol. The van der Waals surface area contributed by atoms with Crippen molar-refractivity contribution in [1.29, 1.82) is 0 Å². The first-order chi connectivity index (χ1) is 12.7. The van der Waals surface area contributed by atoms with Crippen LogP contribution in [0.3, 0.4) is 0 Å². The molecule has 8 heteroatoms. The summed E-state index contributed by atoms with van der Waals surface area (Å²) in [6.45, 7) is 4.70. The number of amides is 1. The Morgan fingerprint density at radius 3 is 2.92 bits per heavy atom. The Bertz CT molecular complexity index is 819. The number of allylic oxidation sites excluding steroid dienone is 1. The number of thioether (sulfide) groups is 1. The van der Waals surface area contributed by atoms with Crippen LogP contribution >= 0.6 is 11.8 Å². The van der Waals surface area contributed by atoms with E-state index in [0.29, 0.717) is 41.7 Å². The van der Waals surface area contributed by atoms with Gasteiger partial charge in [-0.1, -0.05) is 30.0 Å². The van der Waals surface area contributed by atoms with Gasteiger partial charge in [-0.2, -0.15) is 0 Å². The van der Waals surface area contributed by atoms with Gasteiger partial charge in [0.15, 0.2) is 28.6 Å². The second-order valence-corrected chi connectivity index (χ2v) is 7.18. The zero-order chi connectivity index (χ0) is 17.9. The number of nitrogens with one attached hydrogen (secondary N) is 1. The molecule has 2 aromatic rings. The summed E-state index contributed by atoms with van der Waals surface area (Å²) in [5.41, 5.74) is 0. The Morgan fingerprint density at radius 1 is 1.35 bits per heavy atom. The van der Waals surface area contributed by atoms with E-state index in [9.17, 15) is 4.79 Å². The summed E-state index contributed by atoms with van der Waals surface area (Å²) < 4.78 is 13.7. The molecule has 0 unspecified atom stereocenters. The Hall–Kier alpha value is -2.48. The normalized spacial score (nSPS) is 18.4. The number of carbonyl (C=O) groups excluding carboxylic acids is 1. The monoisotopic (exact) mass is 372 g/mol. The van der Waals surface area contributed by atoms with Crippen molar-refractivity contribution in [2.75, 3.05) is 12.4 Å². The molecule has 1 saturated carbocycles. The fraction of sp³-hybridized carbons (Fsp3) is 0.389. The van der Waals surface area contributed by atoms with Gasteiger partial charge in [-0.3, -0.25) is 9.36 Å². The molecule has 2 heterocycles. The van der Waals surface area contributed by atoms with Crippen LogP contribution < -0.4 is 14.8 Å². The van der Waals surface area contributed by atoms with E-state index < -0.39 is 0 Å². The summed E-state index contributed by atoms with van der Waals surface area (Å²) in [7, 11) is 0. The van der Waals surface area contributed by atoms with E-state index in [0.717, 1.165) is 18.6 Å². The van der Waals surface area contributed by atoms with Crippen molar-refractivity contribution in [3.63, 3.8) is 0 Å². The Morgan fingerprint density at radius 2 is 2.15 bits per heavy atom. The Balaban J connectivity index is 1.48. The van der Waals surface area contributed by atoms with E-state index in [1.807, 2.05) is 28.8 Å². The van der Waals surface area contributed by atoms with Gasteiger partial charge in [-0.05, 0) is 25.0 Å². The second kappa shape index (κ2) is 7.41. The maximum atomic E-state index is 11.9. The number of ether oxygens (including phenoxy) is 2. The summed E-state index contributed by atoms with van der Waals surface area (Å²) in [5, 5.41) is 12.2. The van der Waals surface area contributed by atoms with Crippen LogP contribution in [0.2, 0.25) is 0 Å². The minimum atomic E-state index is -0.355. The molecule has 1 atom stereocenters. The highest BCUT2D eigenvalue weighted by atomic mass is 32.2. The molecule has 0 saturated heterocycles. The van der Waals surface area contributed by atoms with Crippen LogP contribution in [0, 0.1) is 0 Å². The zero-order valence-corrected chi connectivity index (χ0v) is 15.1. The average molecular weight is 372 g/mol. The molecule has 2 aliphatic rings. The Kier molecular flexibility index (Phi) is 4.83. The van der Waals surface area contributed by atoms with Crippen LogP contribution in [0.5, 0.6) is 11.5 Å². The van der Waals surface area contributed by atoms with Crippen LogP contribution in [-0.4, -0.2) is 39.1 Å². The number of hydrogen-bond donors (Lipinski definition) is 1. The highest BCUT2D eigenvalue weighted by Crippen LogP contribution is 2.36. The van der Waals surface area contributed by atoms with Gasteiger partial charge in [0, 0.05) is 12.6 Å². The molecule has 0 radical (unpaired) electrons. The molecule has 1 aliphatic carbocycles. The molecule has 1 N–H and O–H groups in total. The van der Waals surface area contributed by atoms with Crippen molar-refractivity contribution in [3.8, 4) is 11.5 Å².